The standard InChI is InChI=1S/C12H15BrO3/c1-8-2-5-12(15,6-3-8)11(14)10-9(13)4-7-16-10/h4,7-8,15H,2-3,5-6H2,1H3. The topological polar surface area (TPSA) is 50.4 Å². The van der Waals surface area contributed by atoms with Gasteiger partial charge in [-0.1, -0.05) is 6.92 Å². The van der Waals surface area contributed by atoms with Gasteiger partial charge in [-0.15, -0.1) is 0 Å². The molecule has 1 N–H and O–H groups in total. The fourth-order valence-electron chi connectivity index (χ4n) is 2.13. The second kappa shape index (κ2) is 4.34. The van der Waals surface area contributed by atoms with Crippen molar-refractivity contribution >= 4 is 21.7 Å². The van der Waals surface area contributed by atoms with E-state index < -0.39 is 5.60 Å². The zero-order valence-corrected chi connectivity index (χ0v) is 10.8. The highest BCUT2D eigenvalue weighted by molar-refractivity contribution is 9.10. The van der Waals surface area contributed by atoms with Gasteiger partial charge in [-0.25, -0.2) is 0 Å². The first-order valence-corrected chi connectivity index (χ1v) is 6.32. The van der Waals surface area contributed by atoms with Crippen molar-refractivity contribution in [3.05, 3.63) is 22.6 Å². The van der Waals surface area contributed by atoms with Crippen LogP contribution in [0.5, 0.6) is 0 Å². The first-order valence-electron chi connectivity index (χ1n) is 5.53. The van der Waals surface area contributed by atoms with Crippen LogP contribution in [-0.4, -0.2) is 16.5 Å². The number of hydrogen-bond acceptors (Lipinski definition) is 3. The summed E-state index contributed by atoms with van der Waals surface area (Å²) < 4.78 is 5.73. The summed E-state index contributed by atoms with van der Waals surface area (Å²) in [5, 5.41) is 10.3. The molecule has 1 aromatic heterocycles. The molecule has 0 amide bonds. The number of furan rings is 1. The van der Waals surface area contributed by atoms with E-state index in [0.717, 1.165) is 12.8 Å². The van der Waals surface area contributed by atoms with Gasteiger partial charge in [0.25, 0.3) is 0 Å². The molecule has 1 fully saturated rings. The second-order valence-corrected chi connectivity index (χ2v) is 5.50. The third-order valence-corrected chi connectivity index (χ3v) is 3.97. The smallest absolute Gasteiger partial charge is 0.230 e. The molecule has 1 aromatic rings. The van der Waals surface area contributed by atoms with E-state index in [1.807, 2.05) is 0 Å². The number of carbonyl (C=O) groups excluding carboxylic acids is 1. The van der Waals surface area contributed by atoms with Crippen LogP contribution < -0.4 is 0 Å². The van der Waals surface area contributed by atoms with Gasteiger partial charge in [-0.3, -0.25) is 4.79 Å². The maximum absolute atomic E-state index is 12.1. The van der Waals surface area contributed by atoms with Crippen LogP contribution in [0.2, 0.25) is 0 Å². The van der Waals surface area contributed by atoms with E-state index in [1.54, 1.807) is 6.07 Å². The molecular formula is C12H15BrO3. The molecule has 0 spiro atoms. The lowest BCUT2D eigenvalue weighted by Gasteiger charge is -2.32. The van der Waals surface area contributed by atoms with Crippen molar-refractivity contribution in [3.63, 3.8) is 0 Å². The fourth-order valence-corrected chi connectivity index (χ4v) is 2.52. The van der Waals surface area contributed by atoms with Gasteiger partial charge in [0.15, 0.2) is 5.76 Å². The van der Waals surface area contributed by atoms with Crippen molar-refractivity contribution in [2.45, 2.75) is 38.2 Å². The van der Waals surface area contributed by atoms with E-state index >= 15 is 0 Å². The number of aliphatic hydroxyl groups is 1. The van der Waals surface area contributed by atoms with Gasteiger partial charge >= 0.3 is 0 Å². The van der Waals surface area contributed by atoms with Crippen molar-refractivity contribution in [3.8, 4) is 0 Å². The molecule has 2 rings (SSSR count). The molecule has 1 heterocycles. The Morgan fingerprint density at radius 1 is 1.56 bits per heavy atom. The molecule has 0 atom stereocenters. The van der Waals surface area contributed by atoms with Crippen LogP contribution >= 0.6 is 15.9 Å². The predicted octanol–water partition coefficient (Wildman–Crippen LogP) is 3.17. The normalized spacial score (nSPS) is 30.3. The third kappa shape index (κ3) is 2.09. The Bertz CT molecular complexity index is 389. The summed E-state index contributed by atoms with van der Waals surface area (Å²) in [6, 6.07) is 1.67. The van der Waals surface area contributed by atoms with Crippen LogP contribution in [0, 0.1) is 5.92 Å². The summed E-state index contributed by atoms with van der Waals surface area (Å²) >= 11 is 3.24. The highest BCUT2D eigenvalue weighted by Gasteiger charge is 2.41. The van der Waals surface area contributed by atoms with Crippen LogP contribution in [0.4, 0.5) is 0 Å². The third-order valence-electron chi connectivity index (χ3n) is 3.35. The lowest BCUT2D eigenvalue weighted by atomic mass is 9.77. The van der Waals surface area contributed by atoms with E-state index in [1.165, 1.54) is 6.26 Å². The van der Waals surface area contributed by atoms with Gasteiger partial charge in [0, 0.05) is 0 Å². The number of hydrogen-bond donors (Lipinski definition) is 1. The van der Waals surface area contributed by atoms with E-state index in [2.05, 4.69) is 22.9 Å². The maximum Gasteiger partial charge on any atom is 0.230 e. The summed E-state index contributed by atoms with van der Waals surface area (Å²) in [4.78, 5) is 12.1. The van der Waals surface area contributed by atoms with Crippen LogP contribution in [0.25, 0.3) is 0 Å². The minimum Gasteiger partial charge on any atom is -0.460 e. The van der Waals surface area contributed by atoms with E-state index in [4.69, 9.17) is 4.42 Å². The molecule has 3 nitrogen and oxygen atoms in total. The molecular weight excluding hydrogens is 272 g/mol. The number of Topliss-reactive ketones (excluding diaryl/α,β-unsaturated/α-hetero) is 1. The molecule has 0 aromatic carbocycles. The number of carbonyl (C=O) groups is 1. The maximum atomic E-state index is 12.1. The molecule has 88 valence electrons. The Morgan fingerprint density at radius 2 is 2.19 bits per heavy atom. The molecule has 0 saturated heterocycles. The number of rotatable bonds is 2. The number of halogens is 1. The molecule has 0 radical (unpaired) electrons. The second-order valence-electron chi connectivity index (χ2n) is 4.64. The van der Waals surface area contributed by atoms with Crippen LogP contribution in [-0.2, 0) is 0 Å². The van der Waals surface area contributed by atoms with E-state index in [0.29, 0.717) is 23.2 Å². The Labute approximate surface area is 103 Å². The van der Waals surface area contributed by atoms with Crippen molar-refractivity contribution in [1.82, 2.24) is 0 Å². The van der Waals surface area contributed by atoms with Gasteiger partial charge in [0.1, 0.15) is 5.60 Å². The molecule has 1 saturated carbocycles. The minimum atomic E-state index is -1.23. The summed E-state index contributed by atoms with van der Waals surface area (Å²) in [5.41, 5.74) is -1.23. The number of ketones is 1. The van der Waals surface area contributed by atoms with Gasteiger partial charge in [-0.2, -0.15) is 0 Å². The van der Waals surface area contributed by atoms with Crippen LogP contribution in [0.15, 0.2) is 21.2 Å². The van der Waals surface area contributed by atoms with E-state index in [9.17, 15) is 9.90 Å². The lowest BCUT2D eigenvalue weighted by Crippen LogP contribution is -2.41. The van der Waals surface area contributed by atoms with Gasteiger partial charge in [-0.05, 0) is 53.6 Å². The zero-order valence-electron chi connectivity index (χ0n) is 9.20. The van der Waals surface area contributed by atoms with Gasteiger partial charge in [0.05, 0.1) is 10.7 Å². The average Bonchev–Trinajstić information content (AvgIpc) is 2.68. The molecule has 1 aliphatic rings. The summed E-state index contributed by atoms with van der Waals surface area (Å²) in [6.45, 7) is 2.15. The first kappa shape index (κ1) is 11.9. The highest BCUT2D eigenvalue weighted by Crippen LogP contribution is 2.35. The van der Waals surface area contributed by atoms with Crippen molar-refractivity contribution in [2.24, 2.45) is 5.92 Å². The Balaban J connectivity index is 2.19. The highest BCUT2D eigenvalue weighted by atomic mass is 79.9. The van der Waals surface area contributed by atoms with Crippen molar-refractivity contribution < 1.29 is 14.3 Å². The van der Waals surface area contributed by atoms with Gasteiger partial charge in [0.2, 0.25) is 5.78 Å². The Hall–Kier alpha value is -0.610. The van der Waals surface area contributed by atoms with Gasteiger partial charge < -0.3 is 9.52 Å². The predicted molar refractivity (Wildman–Crippen MR) is 63.3 cm³/mol. The molecule has 1 aliphatic carbocycles. The van der Waals surface area contributed by atoms with Crippen LogP contribution in [0.1, 0.15) is 43.2 Å². The summed E-state index contributed by atoms with van der Waals surface area (Å²) in [5.74, 6) is 0.529. The Kier molecular flexibility index (Phi) is 3.22. The quantitative estimate of drug-likeness (QED) is 0.850. The fraction of sp³-hybridized carbons (Fsp3) is 0.583. The Morgan fingerprint density at radius 3 is 2.69 bits per heavy atom. The molecule has 4 heteroatoms. The average molecular weight is 287 g/mol. The monoisotopic (exact) mass is 286 g/mol. The molecule has 16 heavy (non-hydrogen) atoms. The van der Waals surface area contributed by atoms with E-state index in [-0.39, 0.29) is 11.5 Å². The van der Waals surface area contributed by atoms with Crippen LogP contribution in [0.3, 0.4) is 0 Å². The first-order chi connectivity index (χ1) is 7.53. The largest absolute Gasteiger partial charge is 0.460 e. The molecule has 0 aliphatic heterocycles. The zero-order chi connectivity index (χ0) is 11.8. The summed E-state index contributed by atoms with van der Waals surface area (Å²) in [6.07, 6.45) is 4.29. The summed E-state index contributed by atoms with van der Waals surface area (Å²) in [7, 11) is 0. The van der Waals surface area contributed by atoms with Crippen molar-refractivity contribution in [2.75, 3.05) is 0 Å². The SMILES string of the molecule is CC1CCC(O)(C(=O)c2occc2Br)CC1. The lowest BCUT2D eigenvalue weighted by molar-refractivity contribution is 0.00199. The minimum absolute atomic E-state index is 0.233. The molecule has 0 bridgehead atoms. The van der Waals surface area contributed by atoms with Crippen molar-refractivity contribution in [1.29, 1.82) is 0 Å². The molecule has 0 unspecified atom stereocenters.